The second kappa shape index (κ2) is 4.86. The molecule has 1 amide bonds. The third-order valence-electron chi connectivity index (χ3n) is 1.81. The highest BCUT2D eigenvalue weighted by Crippen LogP contribution is 2.14. The van der Waals surface area contributed by atoms with Crippen LogP contribution in [0.4, 0.5) is 5.69 Å². The van der Waals surface area contributed by atoms with E-state index in [4.69, 9.17) is 16.7 Å². The number of halogens is 1. The van der Waals surface area contributed by atoms with Crippen LogP contribution >= 0.6 is 11.6 Å². The molecule has 0 aliphatic carbocycles. The van der Waals surface area contributed by atoms with Crippen LogP contribution in [0.15, 0.2) is 24.3 Å². The summed E-state index contributed by atoms with van der Waals surface area (Å²) in [5.41, 5.74) is 0.657. The van der Waals surface area contributed by atoms with Gasteiger partial charge in [-0.3, -0.25) is 4.79 Å². The van der Waals surface area contributed by atoms with E-state index >= 15 is 0 Å². The van der Waals surface area contributed by atoms with Crippen LogP contribution < -0.4 is 5.32 Å². The number of phenols is 1. The Morgan fingerprint density at radius 1 is 1.50 bits per heavy atom. The Morgan fingerprint density at radius 3 is 2.57 bits per heavy atom. The van der Waals surface area contributed by atoms with Crippen molar-refractivity contribution in [3.63, 3.8) is 0 Å². The van der Waals surface area contributed by atoms with Crippen molar-refractivity contribution in [2.24, 2.45) is 5.92 Å². The minimum Gasteiger partial charge on any atom is -0.508 e. The first kappa shape index (κ1) is 10.9. The van der Waals surface area contributed by atoms with E-state index in [-0.39, 0.29) is 17.6 Å². The molecule has 0 radical (unpaired) electrons. The minimum atomic E-state index is -0.217. The zero-order chi connectivity index (χ0) is 10.6. The molecule has 0 spiro atoms. The Morgan fingerprint density at radius 2 is 2.07 bits per heavy atom. The second-order valence-electron chi connectivity index (χ2n) is 3.09. The molecule has 76 valence electrons. The van der Waals surface area contributed by atoms with Crippen LogP contribution in [0.25, 0.3) is 0 Å². The predicted molar refractivity (Wildman–Crippen MR) is 56.6 cm³/mol. The van der Waals surface area contributed by atoms with E-state index in [0.717, 1.165) is 0 Å². The molecule has 1 aromatic rings. The quantitative estimate of drug-likeness (QED) is 0.598. The van der Waals surface area contributed by atoms with Crippen molar-refractivity contribution in [3.05, 3.63) is 24.3 Å². The monoisotopic (exact) mass is 213 g/mol. The predicted octanol–water partition coefficient (Wildman–Crippen LogP) is 2.21. The molecule has 2 N–H and O–H groups in total. The van der Waals surface area contributed by atoms with E-state index in [9.17, 15) is 4.79 Å². The van der Waals surface area contributed by atoms with Crippen LogP contribution in [0.1, 0.15) is 6.92 Å². The van der Waals surface area contributed by atoms with E-state index in [2.05, 4.69) is 5.32 Å². The maximum absolute atomic E-state index is 11.4. The van der Waals surface area contributed by atoms with Gasteiger partial charge in [-0.15, -0.1) is 11.6 Å². The molecule has 0 heterocycles. The number of benzene rings is 1. The number of hydrogen-bond acceptors (Lipinski definition) is 2. The molecule has 0 aromatic heterocycles. The molecule has 4 heteroatoms. The third-order valence-corrected chi connectivity index (χ3v) is 2.28. The van der Waals surface area contributed by atoms with Crippen molar-refractivity contribution in [2.75, 3.05) is 11.2 Å². The second-order valence-corrected chi connectivity index (χ2v) is 3.40. The Bertz CT molecular complexity index is 310. The molecule has 0 saturated carbocycles. The van der Waals surface area contributed by atoms with Gasteiger partial charge in [0.05, 0.1) is 0 Å². The lowest BCUT2D eigenvalue weighted by Crippen LogP contribution is -2.21. The van der Waals surface area contributed by atoms with Crippen LogP contribution in [-0.4, -0.2) is 16.9 Å². The molecule has 1 atom stereocenters. The largest absolute Gasteiger partial charge is 0.508 e. The summed E-state index contributed by atoms with van der Waals surface area (Å²) in [6.45, 7) is 1.75. The van der Waals surface area contributed by atoms with Gasteiger partial charge in [0.25, 0.3) is 0 Å². The van der Waals surface area contributed by atoms with Gasteiger partial charge < -0.3 is 10.4 Å². The molecular formula is C10H12ClNO2. The van der Waals surface area contributed by atoms with E-state index in [1.54, 1.807) is 19.1 Å². The summed E-state index contributed by atoms with van der Waals surface area (Å²) >= 11 is 5.54. The summed E-state index contributed by atoms with van der Waals surface area (Å²) in [7, 11) is 0. The van der Waals surface area contributed by atoms with Crippen LogP contribution in [0, 0.1) is 5.92 Å². The molecule has 1 unspecified atom stereocenters. The molecule has 3 nitrogen and oxygen atoms in total. The van der Waals surface area contributed by atoms with Gasteiger partial charge in [-0.2, -0.15) is 0 Å². The lowest BCUT2D eigenvalue weighted by Gasteiger charge is -2.08. The number of amides is 1. The Kier molecular flexibility index (Phi) is 3.77. The number of anilines is 1. The van der Waals surface area contributed by atoms with Crippen LogP contribution in [0.2, 0.25) is 0 Å². The highest BCUT2D eigenvalue weighted by Gasteiger charge is 2.10. The fourth-order valence-corrected chi connectivity index (χ4v) is 1.02. The molecule has 0 aliphatic heterocycles. The summed E-state index contributed by atoms with van der Waals surface area (Å²) in [5, 5.41) is 11.7. The van der Waals surface area contributed by atoms with Crippen LogP contribution in [0.3, 0.4) is 0 Å². The number of alkyl halides is 1. The standard InChI is InChI=1S/C10H12ClNO2/c1-7(6-11)10(14)12-8-2-4-9(13)5-3-8/h2-5,7,13H,6H2,1H3,(H,12,14). The first-order valence-corrected chi connectivity index (χ1v) is 4.83. The number of nitrogens with one attached hydrogen (secondary N) is 1. The van der Waals surface area contributed by atoms with Gasteiger partial charge in [0.15, 0.2) is 0 Å². The molecule has 14 heavy (non-hydrogen) atoms. The van der Waals surface area contributed by atoms with Gasteiger partial charge in [0, 0.05) is 17.5 Å². The van der Waals surface area contributed by atoms with Gasteiger partial charge in [0.2, 0.25) is 5.91 Å². The van der Waals surface area contributed by atoms with Crippen molar-refractivity contribution in [2.45, 2.75) is 6.92 Å². The summed E-state index contributed by atoms with van der Waals surface area (Å²) in [6, 6.07) is 6.30. The van der Waals surface area contributed by atoms with Crippen LogP contribution in [0.5, 0.6) is 5.75 Å². The summed E-state index contributed by atoms with van der Waals surface area (Å²) in [5.74, 6) is 0.133. The Hall–Kier alpha value is -1.22. The van der Waals surface area contributed by atoms with Gasteiger partial charge in [-0.25, -0.2) is 0 Å². The first-order valence-electron chi connectivity index (χ1n) is 4.29. The SMILES string of the molecule is CC(CCl)C(=O)Nc1ccc(O)cc1. The zero-order valence-corrected chi connectivity index (χ0v) is 8.58. The van der Waals surface area contributed by atoms with Gasteiger partial charge in [-0.05, 0) is 24.3 Å². The lowest BCUT2D eigenvalue weighted by molar-refractivity contribution is -0.118. The Balaban J connectivity index is 2.60. The third kappa shape index (κ3) is 2.92. The highest BCUT2D eigenvalue weighted by atomic mass is 35.5. The average Bonchev–Trinajstić information content (AvgIpc) is 2.20. The molecule has 0 bridgehead atoms. The number of aromatic hydroxyl groups is 1. The molecular weight excluding hydrogens is 202 g/mol. The molecule has 1 aromatic carbocycles. The zero-order valence-electron chi connectivity index (χ0n) is 7.83. The fraction of sp³-hybridized carbons (Fsp3) is 0.300. The number of hydrogen-bond donors (Lipinski definition) is 2. The summed E-state index contributed by atoms with van der Waals surface area (Å²) < 4.78 is 0. The van der Waals surface area contributed by atoms with E-state index in [1.165, 1.54) is 12.1 Å². The van der Waals surface area contributed by atoms with Gasteiger partial charge in [-0.1, -0.05) is 6.92 Å². The lowest BCUT2D eigenvalue weighted by atomic mass is 10.2. The van der Waals surface area contributed by atoms with Crippen molar-refractivity contribution in [3.8, 4) is 5.75 Å². The smallest absolute Gasteiger partial charge is 0.228 e. The molecule has 0 fully saturated rings. The van der Waals surface area contributed by atoms with Crippen molar-refractivity contribution in [1.29, 1.82) is 0 Å². The number of carbonyl (C=O) groups is 1. The number of rotatable bonds is 3. The molecule has 0 saturated heterocycles. The maximum atomic E-state index is 11.4. The van der Waals surface area contributed by atoms with Gasteiger partial charge >= 0.3 is 0 Å². The molecule has 1 rings (SSSR count). The minimum absolute atomic E-state index is 0.120. The van der Waals surface area contributed by atoms with Crippen LogP contribution in [-0.2, 0) is 4.79 Å². The van der Waals surface area contributed by atoms with E-state index < -0.39 is 0 Å². The first-order chi connectivity index (χ1) is 6.63. The van der Waals surface area contributed by atoms with E-state index in [0.29, 0.717) is 11.6 Å². The van der Waals surface area contributed by atoms with Gasteiger partial charge in [0.1, 0.15) is 5.75 Å². The van der Waals surface area contributed by atoms with Crippen molar-refractivity contribution in [1.82, 2.24) is 0 Å². The average molecular weight is 214 g/mol. The topological polar surface area (TPSA) is 49.3 Å². The normalized spacial score (nSPS) is 12.1. The fourth-order valence-electron chi connectivity index (χ4n) is 0.880. The Labute approximate surface area is 87.7 Å². The van der Waals surface area contributed by atoms with E-state index in [1.807, 2.05) is 0 Å². The summed E-state index contributed by atoms with van der Waals surface area (Å²) in [4.78, 5) is 11.4. The maximum Gasteiger partial charge on any atom is 0.228 e. The highest BCUT2D eigenvalue weighted by molar-refractivity contribution is 6.19. The van der Waals surface area contributed by atoms with Crippen molar-refractivity contribution >= 4 is 23.2 Å². The summed E-state index contributed by atoms with van der Waals surface area (Å²) in [6.07, 6.45) is 0. The van der Waals surface area contributed by atoms with Crippen molar-refractivity contribution < 1.29 is 9.90 Å². The molecule has 0 aliphatic rings. The number of phenolic OH excluding ortho intramolecular Hbond substituents is 1. The number of carbonyl (C=O) groups excluding carboxylic acids is 1.